The molecule has 0 bridgehead atoms. The molecule has 0 amide bonds. The Morgan fingerprint density at radius 3 is 1.57 bits per heavy atom. The van der Waals surface area contributed by atoms with E-state index in [0.717, 1.165) is 11.8 Å². The Morgan fingerprint density at radius 2 is 1.19 bits per heavy atom. The summed E-state index contributed by atoms with van der Waals surface area (Å²) in [6, 6.07) is 0. The minimum absolute atomic E-state index is 0.207. The van der Waals surface area contributed by atoms with Gasteiger partial charge in [-0.3, -0.25) is 4.90 Å². The molecule has 1 heteroatoms. The van der Waals surface area contributed by atoms with Crippen molar-refractivity contribution in [3.8, 4) is 0 Å². The molecule has 0 aromatic heterocycles. The van der Waals surface area contributed by atoms with Crippen molar-refractivity contribution in [2.24, 2.45) is 28.1 Å². The van der Waals surface area contributed by atoms with E-state index in [9.17, 15) is 0 Å². The summed E-state index contributed by atoms with van der Waals surface area (Å²) in [6.45, 7) is 29.4. The number of rotatable bonds is 3. The third kappa shape index (κ3) is 3.05. The molecule has 1 heterocycles. The van der Waals surface area contributed by atoms with Crippen molar-refractivity contribution >= 4 is 0 Å². The molecule has 2 atom stereocenters. The molecule has 21 heavy (non-hydrogen) atoms. The van der Waals surface area contributed by atoms with E-state index in [-0.39, 0.29) is 16.4 Å². The number of likely N-dealkylation sites (tertiary alicyclic amines) is 1. The summed E-state index contributed by atoms with van der Waals surface area (Å²) in [4.78, 5) is 2.77. The largest absolute Gasteiger partial charge is 0.297 e. The molecule has 126 valence electrons. The average molecular weight is 296 g/mol. The van der Waals surface area contributed by atoms with Gasteiger partial charge in [0, 0.05) is 12.1 Å². The van der Waals surface area contributed by atoms with Crippen LogP contribution in [0.5, 0.6) is 0 Å². The van der Waals surface area contributed by atoms with Crippen molar-refractivity contribution in [2.45, 2.75) is 88.1 Å². The normalized spacial score (nSPS) is 27.0. The Hall–Kier alpha value is -0.0400. The second kappa shape index (κ2) is 5.55. The highest BCUT2D eigenvalue weighted by Gasteiger charge is 2.55. The monoisotopic (exact) mass is 295 g/mol. The molecule has 0 radical (unpaired) electrons. The molecular weight excluding hydrogens is 254 g/mol. The standard InChI is InChI=1S/C20H41N/c1-15-12-13-21(14-16(15)2)20(10,11)19(8,9)18(6,7)17(3,4)5/h15-16H,12-14H2,1-11H3. The zero-order valence-electron chi connectivity index (χ0n) is 16.7. The van der Waals surface area contributed by atoms with E-state index in [4.69, 9.17) is 0 Å². The van der Waals surface area contributed by atoms with E-state index in [1.165, 1.54) is 19.5 Å². The molecule has 0 saturated carbocycles. The van der Waals surface area contributed by atoms with Crippen LogP contribution in [0.2, 0.25) is 0 Å². The van der Waals surface area contributed by atoms with Gasteiger partial charge in [0.25, 0.3) is 0 Å². The SMILES string of the molecule is CC1CCN(C(C)(C)C(C)(C)C(C)(C)C(C)(C)C)CC1C. The third-order valence-corrected chi connectivity index (χ3v) is 8.09. The van der Waals surface area contributed by atoms with Gasteiger partial charge in [0.15, 0.2) is 0 Å². The minimum Gasteiger partial charge on any atom is -0.297 e. The van der Waals surface area contributed by atoms with Gasteiger partial charge in [0.05, 0.1) is 0 Å². The number of hydrogen-bond acceptors (Lipinski definition) is 1. The summed E-state index contributed by atoms with van der Waals surface area (Å²) in [6.07, 6.45) is 1.34. The van der Waals surface area contributed by atoms with Crippen molar-refractivity contribution in [1.82, 2.24) is 4.90 Å². The van der Waals surface area contributed by atoms with Gasteiger partial charge in [-0.15, -0.1) is 0 Å². The average Bonchev–Trinajstić information content (AvgIpc) is 2.30. The topological polar surface area (TPSA) is 3.24 Å². The minimum atomic E-state index is 0.207. The van der Waals surface area contributed by atoms with Crippen LogP contribution in [0.1, 0.15) is 82.6 Å². The second-order valence-corrected chi connectivity index (χ2v) is 10.2. The Balaban J connectivity index is 3.11. The number of hydrogen-bond donors (Lipinski definition) is 0. The van der Waals surface area contributed by atoms with Gasteiger partial charge in [0.1, 0.15) is 0 Å². The first-order valence-electron chi connectivity index (χ1n) is 8.91. The molecule has 0 aromatic carbocycles. The summed E-state index contributed by atoms with van der Waals surface area (Å²) in [7, 11) is 0. The van der Waals surface area contributed by atoms with Crippen LogP contribution in [0.3, 0.4) is 0 Å². The zero-order chi connectivity index (χ0) is 16.9. The van der Waals surface area contributed by atoms with Gasteiger partial charge in [-0.2, -0.15) is 0 Å². The maximum absolute atomic E-state index is 2.77. The van der Waals surface area contributed by atoms with Gasteiger partial charge in [-0.05, 0) is 54.9 Å². The zero-order valence-corrected chi connectivity index (χ0v) is 16.7. The lowest BCUT2D eigenvalue weighted by Crippen LogP contribution is -2.63. The van der Waals surface area contributed by atoms with Crippen LogP contribution in [0.25, 0.3) is 0 Å². The summed E-state index contributed by atoms with van der Waals surface area (Å²) in [5, 5.41) is 0. The molecule has 1 rings (SSSR count). The van der Waals surface area contributed by atoms with E-state index in [1.54, 1.807) is 0 Å². The van der Waals surface area contributed by atoms with Crippen LogP contribution in [0.4, 0.5) is 0 Å². The van der Waals surface area contributed by atoms with E-state index < -0.39 is 0 Å². The Kier molecular flexibility index (Phi) is 5.02. The molecular formula is C20H41N. The van der Waals surface area contributed by atoms with Crippen molar-refractivity contribution in [2.75, 3.05) is 13.1 Å². The molecule has 0 aromatic rings. The molecule has 1 fully saturated rings. The van der Waals surface area contributed by atoms with Crippen LogP contribution in [0.15, 0.2) is 0 Å². The van der Waals surface area contributed by atoms with Crippen LogP contribution in [-0.2, 0) is 0 Å². The molecule has 0 aliphatic carbocycles. The lowest BCUT2D eigenvalue weighted by molar-refractivity contribution is -0.122. The lowest BCUT2D eigenvalue weighted by Gasteiger charge is -2.62. The van der Waals surface area contributed by atoms with E-state index in [0.29, 0.717) is 5.41 Å². The highest BCUT2D eigenvalue weighted by molar-refractivity contribution is 5.07. The summed E-state index contributed by atoms with van der Waals surface area (Å²) in [5.74, 6) is 1.68. The molecule has 1 nitrogen and oxygen atoms in total. The van der Waals surface area contributed by atoms with Gasteiger partial charge in [-0.25, -0.2) is 0 Å². The lowest BCUT2D eigenvalue weighted by atomic mass is 9.49. The van der Waals surface area contributed by atoms with Crippen molar-refractivity contribution in [3.05, 3.63) is 0 Å². The maximum atomic E-state index is 2.77. The van der Waals surface area contributed by atoms with Crippen molar-refractivity contribution in [3.63, 3.8) is 0 Å². The van der Waals surface area contributed by atoms with E-state index in [1.807, 2.05) is 0 Å². The van der Waals surface area contributed by atoms with Crippen molar-refractivity contribution in [1.29, 1.82) is 0 Å². The predicted octanol–water partition coefficient (Wildman–Crippen LogP) is 5.84. The number of nitrogens with zero attached hydrogens (tertiary/aromatic N) is 1. The van der Waals surface area contributed by atoms with E-state index >= 15 is 0 Å². The van der Waals surface area contributed by atoms with Gasteiger partial charge >= 0.3 is 0 Å². The molecule has 2 unspecified atom stereocenters. The summed E-state index contributed by atoms with van der Waals surface area (Å²) in [5.41, 5.74) is 0.995. The summed E-state index contributed by atoms with van der Waals surface area (Å²) < 4.78 is 0. The summed E-state index contributed by atoms with van der Waals surface area (Å²) >= 11 is 0. The molecule has 1 aliphatic heterocycles. The maximum Gasteiger partial charge on any atom is 0.0209 e. The predicted molar refractivity (Wildman–Crippen MR) is 95.6 cm³/mol. The highest BCUT2D eigenvalue weighted by atomic mass is 15.2. The fourth-order valence-corrected chi connectivity index (χ4v) is 3.87. The Labute approximate surface area is 134 Å². The quantitative estimate of drug-likeness (QED) is 0.632. The Morgan fingerprint density at radius 1 is 0.714 bits per heavy atom. The Bertz CT molecular complexity index is 357. The molecule has 0 spiro atoms. The van der Waals surface area contributed by atoms with Crippen molar-refractivity contribution < 1.29 is 0 Å². The first-order chi connectivity index (χ1) is 9.16. The molecule has 0 N–H and O–H groups in total. The second-order valence-electron chi connectivity index (χ2n) is 10.2. The fourth-order valence-electron chi connectivity index (χ4n) is 3.87. The van der Waals surface area contributed by atoms with Gasteiger partial charge < -0.3 is 0 Å². The van der Waals surface area contributed by atoms with Crippen LogP contribution in [-0.4, -0.2) is 23.5 Å². The number of piperidine rings is 1. The van der Waals surface area contributed by atoms with Crippen LogP contribution < -0.4 is 0 Å². The van der Waals surface area contributed by atoms with E-state index in [2.05, 4.69) is 81.1 Å². The van der Waals surface area contributed by atoms with Crippen LogP contribution >= 0.6 is 0 Å². The molecule has 1 saturated heterocycles. The first kappa shape index (κ1) is 19.0. The highest BCUT2D eigenvalue weighted by Crippen LogP contribution is 2.57. The smallest absolute Gasteiger partial charge is 0.0209 e. The first-order valence-corrected chi connectivity index (χ1v) is 8.91. The van der Waals surface area contributed by atoms with Crippen LogP contribution in [0, 0.1) is 28.1 Å². The fraction of sp³-hybridized carbons (Fsp3) is 1.00. The third-order valence-electron chi connectivity index (χ3n) is 8.09. The van der Waals surface area contributed by atoms with Gasteiger partial charge in [0.2, 0.25) is 0 Å². The van der Waals surface area contributed by atoms with Gasteiger partial charge in [-0.1, -0.05) is 62.3 Å². The molecule has 1 aliphatic rings.